The van der Waals surface area contributed by atoms with Crippen molar-refractivity contribution in [1.29, 1.82) is 0 Å². The van der Waals surface area contributed by atoms with E-state index in [1.54, 1.807) is 12.1 Å². The zero-order valence-electron chi connectivity index (χ0n) is 50.4. The number of benzene rings is 1. The van der Waals surface area contributed by atoms with Crippen LogP contribution in [0.2, 0.25) is 0 Å². The number of nitrogens with zero attached hydrogens (tertiary/aromatic N) is 5. The van der Waals surface area contributed by atoms with Gasteiger partial charge in [0, 0.05) is 25.0 Å². The molecule has 0 radical (unpaired) electrons. The molecule has 78 heavy (non-hydrogen) atoms. The summed E-state index contributed by atoms with van der Waals surface area (Å²) in [7, 11) is -9.65. The number of aromatic nitrogens is 4. The van der Waals surface area contributed by atoms with Crippen molar-refractivity contribution in [2.24, 2.45) is 75.4 Å². The number of rotatable bonds is 37. The molecule has 3 aromatic rings. The van der Waals surface area contributed by atoms with E-state index in [0.717, 1.165) is 91.8 Å². The van der Waals surface area contributed by atoms with Gasteiger partial charge in [-0.15, -0.1) is 20.4 Å². The van der Waals surface area contributed by atoms with E-state index < -0.39 is 36.2 Å². The van der Waals surface area contributed by atoms with Crippen LogP contribution in [-0.2, 0) is 40.4 Å². The summed E-state index contributed by atoms with van der Waals surface area (Å²) in [5.74, 6) is 6.86. The Balaban J connectivity index is 0.000000545. The summed E-state index contributed by atoms with van der Waals surface area (Å²) in [5.41, 5.74) is 0. The van der Waals surface area contributed by atoms with E-state index >= 15 is 0 Å². The molecule has 0 aliphatic carbocycles. The van der Waals surface area contributed by atoms with Crippen molar-refractivity contribution in [3.8, 4) is 0 Å². The minimum Gasteiger partial charge on any atom is -0.301 e. The van der Waals surface area contributed by atoms with E-state index in [2.05, 4.69) is 137 Å². The van der Waals surface area contributed by atoms with Gasteiger partial charge in [0.2, 0.25) is 26.4 Å². The first-order valence-corrected chi connectivity index (χ1v) is 35.3. The number of sulfonamides is 2. The summed E-state index contributed by atoms with van der Waals surface area (Å²) in [6, 6.07) is 9.00. The van der Waals surface area contributed by atoms with Crippen molar-refractivity contribution < 1.29 is 30.6 Å². The maximum absolute atomic E-state index is 13.8. The van der Waals surface area contributed by atoms with Gasteiger partial charge in [-0.2, -0.15) is 17.5 Å². The van der Waals surface area contributed by atoms with Crippen LogP contribution < -0.4 is 15.4 Å². The van der Waals surface area contributed by atoms with E-state index in [9.17, 15) is 30.6 Å². The van der Waals surface area contributed by atoms with E-state index in [-0.39, 0.29) is 30.8 Å². The standard InChI is InChI=1S/C32H54N4O4S3.C26H48N4O3S2/c1-9-22(7)26(11-3)28(13-5)29(14-6)27(12-4)24(10-2)20-21-30(42(38)25-18-16-15-17-19-25)36-43(39,40)32-35-34-31(41-32)33-23(8)37;1-9-18(7)21(11-3)23(13-5)24(14-6)22(12-4)20(10-2)16-15-17-27-35(32,33)26-30-29-25(34-26)28-19(8)31/h15-19,22,24,26-30,36H,9-14,20-21H2,1-8H3,(H,33,34,37);17-18,20-24H,9-16H2,1-8H3,(H,28,29,31). The number of anilines is 2. The average molecular weight is 1180 g/mol. The zero-order chi connectivity index (χ0) is 58.8. The number of carbonyl (C=O) groups excluding carboxylic acids is 2. The molecule has 446 valence electrons. The molecule has 0 saturated carbocycles. The van der Waals surface area contributed by atoms with Crippen LogP contribution in [0.15, 0.2) is 48.3 Å². The molecular formula is C58H102N8O7S5. The van der Waals surface area contributed by atoms with E-state index in [1.807, 2.05) is 18.2 Å². The molecule has 0 bridgehead atoms. The van der Waals surface area contributed by atoms with Crippen molar-refractivity contribution in [1.82, 2.24) is 25.1 Å². The number of nitrogens with one attached hydrogen (secondary N) is 3. The molecule has 0 aliphatic heterocycles. The Morgan fingerprint density at radius 3 is 1.33 bits per heavy atom. The Kier molecular flexibility index (Phi) is 33.2. The van der Waals surface area contributed by atoms with Crippen LogP contribution in [0.3, 0.4) is 0 Å². The molecule has 0 spiro atoms. The van der Waals surface area contributed by atoms with Crippen LogP contribution in [0.4, 0.5) is 10.3 Å². The molecule has 3 N–H and O–H groups in total. The maximum atomic E-state index is 13.8. The number of amides is 2. The fraction of sp³-hybridized carbons (Fsp3) is 0.776. The minimum atomic E-state index is -4.12. The van der Waals surface area contributed by atoms with Gasteiger partial charge >= 0.3 is 10.0 Å². The highest BCUT2D eigenvalue weighted by Crippen LogP contribution is 2.46. The van der Waals surface area contributed by atoms with E-state index in [1.165, 1.54) is 58.6 Å². The molecule has 15 nitrogen and oxygen atoms in total. The normalized spacial score (nSPS) is 17.7. The Bertz CT molecular complexity index is 2450. The number of hydrogen-bond acceptors (Lipinski definition) is 13. The summed E-state index contributed by atoms with van der Waals surface area (Å²) in [6.45, 7) is 35.2. The second kappa shape index (κ2) is 36.4. The van der Waals surface area contributed by atoms with Crippen molar-refractivity contribution in [3.63, 3.8) is 0 Å². The Morgan fingerprint density at radius 2 is 0.936 bits per heavy atom. The lowest BCUT2D eigenvalue weighted by Crippen LogP contribution is -2.39. The zero-order valence-corrected chi connectivity index (χ0v) is 54.5. The van der Waals surface area contributed by atoms with Gasteiger partial charge in [-0.25, -0.2) is 8.42 Å². The lowest BCUT2D eigenvalue weighted by molar-refractivity contribution is -0.115. The first-order valence-electron chi connectivity index (χ1n) is 29.6. The van der Waals surface area contributed by atoms with Crippen LogP contribution in [0.1, 0.15) is 214 Å². The molecule has 2 amide bonds. The molecular weight excluding hydrogens is 1080 g/mol. The second-order valence-electron chi connectivity index (χ2n) is 21.4. The lowest BCUT2D eigenvalue weighted by Gasteiger charge is -2.42. The first kappa shape index (κ1) is 71.1. The molecule has 0 fully saturated rings. The molecule has 0 aliphatic rings. The van der Waals surface area contributed by atoms with Crippen LogP contribution in [0, 0.1) is 71.0 Å². The predicted molar refractivity (Wildman–Crippen MR) is 326 cm³/mol. The molecule has 14 atom stereocenters. The van der Waals surface area contributed by atoms with Crippen LogP contribution >= 0.6 is 22.7 Å². The van der Waals surface area contributed by atoms with Gasteiger partial charge < -0.3 is 10.6 Å². The SMILES string of the molecule is CCC(C)C(CC)C(CC)C(CC)C(CC)C(CC)CCC(NS(=O)(=O)c1nnc(NC(C)=O)s1)S(=O)c1ccccc1.CCC(C)C(CC)C(CC)C(CC)C(CC)C(CC)CCC=NS(=O)(=O)c1nnc(NC(C)=O)s1. The van der Waals surface area contributed by atoms with Crippen LogP contribution in [0.5, 0.6) is 0 Å². The van der Waals surface area contributed by atoms with E-state index in [4.69, 9.17) is 0 Å². The van der Waals surface area contributed by atoms with E-state index in [0.29, 0.717) is 71.0 Å². The smallest absolute Gasteiger partial charge is 0.301 e. The largest absolute Gasteiger partial charge is 0.311 e. The maximum Gasteiger partial charge on any atom is 0.311 e. The average Bonchev–Trinajstić information content (AvgIpc) is 4.12. The van der Waals surface area contributed by atoms with Gasteiger partial charge in [0.1, 0.15) is 5.37 Å². The van der Waals surface area contributed by atoms with Gasteiger partial charge in [-0.05, 0) is 109 Å². The van der Waals surface area contributed by atoms with Crippen LogP contribution in [-0.4, -0.2) is 64.8 Å². The second-order valence-corrected chi connectivity index (χ2v) is 28.7. The van der Waals surface area contributed by atoms with Gasteiger partial charge in [0.05, 0.1) is 10.8 Å². The molecule has 2 aromatic heterocycles. The molecule has 3 rings (SSSR count). The minimum absolute atomic E-state index is 0.101. The lowest BCUT2D eigenvalue weighted by atomic mass is 9.63. The van der Waals surface area contributed by atoms with Crippen LogP contribution in [0.25, 0.3) is 0 Å². The van der Waals surface area contributed by atoms with Gasteiger partial charge in [-0.1, -0.05) is 215 Å². The quantitative estimate of drug-likeness (QED) is 0.0364. The van der Waals surface area contributed by atoms with Crippen molar-refractivity contribution in [2.75, 3.05) is 10.6 Å². The molecule has 20 heteroatoms. The summed E-state index contributed by atoms with van der Waals surface area (Å²) in [5, 5.41) is 19.3. The fourth-order valence-corrected chi connectivity index (χ4v) is 18.7. The number of carbonyl (C=O) groups is 2. The molecule has 14 unspecified atom stereocenters. The Morgan fingerprint density at radius 1 is 0.538 bits per heavy atom. The summed E-state index contributed by atoms with van der Waals surface area (Å²) in [4.78, 5) is 23.1. The topological polar surface area (TPSA) is 219 Å². The van der Waals surface area contributed by atoms with Gasteiger partial charge in [-0.3, -0.25) is 13.8 Å². The van der Waals surface area contributed by atoms with Gasteiger partial charge in [0.25, 0.3) is 14.4 Å². The Hall–Kier alpha value is -3.04. The molecule has 0 saturated heterocycles. The fourth-order valence-electron chi connectivity index (χ4n) is 13.0. The molecule has 2 heterocycles. The third-order valence-corrected chi connectivity index (χ3v) is 24.0. The summed E-state index contributed by atoms with van der Waals surface area (Å²) < 4.78 is 71.8. The summed E-state index contributed by atoms with van der Waals surface area (Å²) in [6.07, 6.45) is 18.1. The highest BCUT2D eigenvalue weighted by Gasteiger charge is 2.38. The first-order chi connectivity index (χ1) is 37.1. The predicted octanol–water partition coefficient (Wildman–Crippen LogP) is 15.1. The Labute approximate surface area is 483 Å². The van der Waals surface area contributed by atoms with Crippen molar-refractivity contribution in [2.45, 2.75) is 232 Å². The highest BCUT2D eigenvalue weighted by molar-refractivity contribution is 7.93. The highest BCUT2D eigenvalue weighted by atomic mass is 32.3. The van der Waals surface area contributed by atoms with Crippen molar-refractivity contribution >= 4 is 81.8 Å². The van der Waals surface area contributed by atoms with Gasteiger partial charge in [0.15, 0.2) is 0 Å². The monoisotopic (exact) mass is 1180 g/mol. The third kappa shape index (κ3) is 21.4. The van der Waals surface area contributed by atoms with Crippen molar-refractivity contribution in [3.05, 3.63) is 30.3 Å². The number of hydrogen-bond donors (Lipinski definition) is 3. The summed E-state index contributed by atoms with van der Waals surface area (Å²) >= 11 is 1.58. The third-order valence-electron chi connectivity index (χ3n) is 17.1. The molecule has 1 aromatic carbocycles.